The van der Waals surface area contributed by atoms with Gasteiger partial charge in [-0.3, -0.25) is 14.5 Å². The largest absolute Gasteiger partial charge is 0.507 e. The van der Waals surface area contributed by atoms with Crippen LogP contribution in [-0.2, 0) is 9.59 Å². The minimum atomic E-state index is -0.837. The number of aliphatic hydroxyl groups is 1. The Morgan fingerprint density at radius 1 is 0.964 bits per heavy atom. The van der Waals surface area contributed by atoms with Gasteiger partial charge in [-0.15, -0.1) is 0 Å². The van der Waals surface area contributed by atoms with Gasteiger partial charge in [0.25, 0.3) is 11.7 Å². The van der Waals surface area contributed by atoms with Crippen molar-refractivity contribution < 1.29 is 19.1 Å². The monoisotopic (exact) mass is 373 g/mol. The number of carbonyl (C=O) groups is 2. The summed E-state index contributed by atoms with van der Waals surface area (Å²) in [5.41, 5.74) is 2.02. The highest BCUT2D eigenvalue weighted by atomic mass is 16.3. The SMILES string of the molecule is Cc1cccc(N2C(=O)C(=O)/C(=C(\O)c3ccccc3)C2c2ccc(C)o2)c1. The topological polar surface area (TPSA) is 70.8 Å². The highest BCUT2D eigenvalue weighted by Gasteiger charge is 2.48. The third kappa shape index (κ3) is 2.91. The molecule has 28 heavy (non-hydrogen) atoms. The molecule has 0 aliphatic carbocycles. The van der Waals surface area contributed by atoms with Gasteiger partial charge in [0.1, 0.15) is 23.3 Å². The van der Waals surface area contributed by atoms with E-state index in [1.165, 1.54) is 4.90 Å². The lowest BCUT2D eigenvalue weighted by molar-refractivity contribution is -0.132. The Morgan fingerprint density at radius 3 is 2.36 bits per heavy atom. The molecule has 1 unspecified atom stereocenters. The molecule has 1 saturated heterocycles. The lowest BCUT2D eigenvalue weighted by atomic mass is 9.99. The van der Waals surface area contributed by atoms with Crippen molar-refractivity contribution in [2.75, 3.05) is 4.90 Å². The van der Waals surface area contributed by atoms with E-state index >= 15 is 0 Å². The lowest BCUT2D eigenvalue weighted by Gasteiger charge is -2.23. The molecule has 1 aliphatic rings. The Balaban J connectivity index is 1.95. The van der Waals surface area contributed by atoms with Gasteiger partial charge < -0.3 is 9.52 Å². The number of furan rings is 1. The second kappa shape index (κ2) is 6.85. The van der Waals surface area contributed by atoms with Gasteiger partial charge in [0.2, 0.25) is 0 Å². The summed E-state index contributed by atoms with van der Waals surface area (Å²) in [6.07, 6.45) is 0. The van der Waals surface area contributed by atoms with Crippen LogP contribution in [0.25, 0.3) is 5.76 Å². The van der Waals surface area contributed by atoms with Gasteiger partial charge >= 0.3 is 0 Å². The van der Waals surface area contributed by atoms with E-state index in [0.717, 1.165) is 5.56 Å². The summed E-state index contributed by atoms with van der Waals surface area (Å²) in [4.78, 5) is 27.3. The number of amides is 1. The van der Waals surface area contributed by atoms with Crippen molar-refractivity contribution in [1.82, 2.24) is 0 Å². The van der Waals surface area contributed by atoms with Crippen molar-refractivity contribution in [2.45, 2.75) is 19.9 Å². The molecule has 4 rings (SSSR count). The van der Waals surface area contributed by atoms with Crippen molar-refractivity contribution in [3.63, 3.8) is 0 Å². The van der Waals surface area contributed by atoms with Gasteiger partial charge in [0, 0.05) is 11.3 Å². The first-order valence-electron chi connectivity index (χ1n) is 8.97. The van der Waals surface area contributed by atoms with E-state index in [2.05, 4.69) is 0 Å². The summed E-state index contributed by atoms with van der Waals surface area (Å²) in [6.45, 7) is 3.70. The third-order valence-corrected chi connectivity index (χ3v) is 4.80. The van der Waals surface area contributed by atoms with E-state index in [9.17, 15) is 14.7 Å². The van der Waals surface area contributed by atoms with Gasteiger partial charge in [-0.25, -0.2) is 0 Å². The molecule has 5 heteroatoms. The molecule has 1 fully saturated rings. The van der Waals surface area contributed by atoms with Crippen LogP contribution in [0.1, 0.15) is 28.7 Å². The lowest BCUT2D eigenvalue weighted by Crippen LogP contribution is -2.29. The first kappa shape index (κ1) is 17.8. The van der Waals surface area contributed by atoms with E-state index in [1.807, 2.05) is 31.2 Å². The second-order valence-electron chi connectivity index (χ2n) is 6.82. The van der Waals surface area contributed by atoms with E-state index in [1.54, 1.807) is 49.4 Å². The summed E-state index contributed by atoms with van der Waals surface area (Å²) >= 11 is 0. The molecule has 0 bridgehead atoms. The van der Waals surface area contributed by atoms with Crippen LogP contribution in [0.5, 0.6) is 0 Å². The van der Waals surface area contributed by atoms with Gasteiger partial charge in [0.15, 0.2) is 0 Å². The molecule has 140 valence electrons. The van der Waals surface area contributed by atoms with Crippen molar-refractivity contribution in [1.29, 1.82) is 0 Å². The van der Waals surface area contributed by atoms with Crippen LogP contribution >= 0.6 is 0 Å². The molecule has 3 aromatic rings. The maximum absolute atomic E-state index is 12.9. The highest BCUT2D eigenvalue weighted by molar-refractivity contribution is 6.51. The zero-order valence-corrected chi connectivity index (χ0v) is 15.5. The molecule has 5 nitrogen and oxygen atoms in total. The minimum absolute atomic E-state index is 0.0204. The Labute approximate surface area is 162 Å². The van der Waals surface area contributed by atoms with Crippen molar-refractivity contribution >= 4 is 23.1 Å². The number of anilines is 1. The number of carbonyl (C=O) groups excluding carboxylic acids is 2. The average Bonchev–Trinajstić information content (AvgIpc) is 3.23. The molecular formula is C23H19NO4. The van der Waals surface area contributed by atoms with E-state index in [0.29, 0.717) is 22.8 Å². The first-order valence-corrected chi connectivity index (χ1v) is 8.97. The van der Waals surface area contributed by atoms with Gasteiger partial charge in [-0.2, -0.15) is 0 Å². The van der Waals surface area contributed by atoms with Crippen LogP contribution in [0.3, 0.4) is 0 Å². The molecule has 1 aromatic heterocycles. The van der Waals surface area contributed by atoms with Gasteiger partial charge in [-0.1, -0.05) is 42.5 Å². The summed E-state index contributed by atoms with van der Waals surface area (Å²) in [5.74, 6) is -0.558. The van der Waals surface area contributed by atoms with Crippen molar-refractivity contribution in [2.24, 2.45) is 0 Å². The molecule has 1 N–H and O–H groups in total. The van der Waals surface area contributed by atoms with Crippen LogP contribution in [0.2, 0.25) is 0 Å². The molecule has 2 aromatic carbocycles. The fraction of sp³-hybridized carbons (Fsp3) is 0.130. The normalized spacial score (nSPS) is 18.6. The second-order valence-corrected chi connectivity index (χ2v) is 6.82. The summed E-state index contributed by atoms with van der Waals surface area (Å²) in [5, 5.41) is 10.9. The van der Waals surface area contributed by atoms with E-state index in [-0.39, 0.29) is 11.3 Å². The molecular weight excluding hydrogens is 354 g/mol. The molecule has 2 heterocycles. The molecule has 1 atom stereocenters. The number of hydrogen-bond acceptors (Lipinski definition) is 4. The van der Waals surface area contributed by atoms with Crippen LogP contribution in [-0.4, -0.2) is 16.8 Å². The summed E-state index contributed by atoms with van der Waals surface area (Å²) < 4.78 is 5.77. The van der Waals surface area contributed by atoms with Crippen molar-refractivity contribution in [3.05, 3.63) is 95.0 Å². The van der Waals surface area contributed by atoms with Crippen LogP contribution in [0.4, 0.5) is 5.69 Å². The number of aliphatic hydroxyl groups excluding tert-OH is 1. The van der Waals surface area contributed by atoms with Gasteiger partial charge in [-0.05, 0) is 43.7 Å². The number of hydrogen-bond donors (Lipinski definition) is 1. The quantitative estimate of drug-likeness (QED) is 0.416. The van der Waals surface area contributed by atoms with E-state index < -0.39 is 17.7 Å². The Bertz CT molecular complexity index is 1090. The number of ketones is 1. The van der Waals surface area contributed by atoms with E-state index in [4.69, 9.17) is 4.42 Å². The fourth-order valence-electron chi connectivity index (χ4n) is 3.50. The predicted molar refractivity (Wildman–Crippen MR) is 106 cm³/mol. The molecule has 0 radical (unpaired) electrons. The van der Waals surface area contributed by atoms with Crippen LogP contribution in [0.15, 0.2) is 76.7 Å². The number of rotatable bonds is 3. The Morgan fingerprint density at radius 2 is 1.71 bits per heavy atom. The number of benzene rings is 2. The minimum Gasteiger partial charge on any atom is -0.507 e. The zero-order valence-electron chi connectivity index (χ0n) is 15.5. The third-order valence-electron chi connectivity index (χ3n) is 4.80. The van der Waals surface area contributed by atoms with Crippen LogP contribution in [0, 0.1) is 13.8 Å². The Hall–Kier alpha value is -3.60. The average molecular weight is 373 g/mol. The highest BCUT2D eigenvalue weighted by Crippen LogP contribution is 2.42. The maximum Gasteiger partial charge on any atom is 0.300 e. The summed E-state index contributed by atoms with van der Waals surface area (Å²) in [6, 6.07) is 18.7. The van der Waals surface area contributed by atoms with Crippen LogP contribution < -0.4 is 4.90 Å². The standard InChI is InChI=1S/C23H19NO4/c1-14-7-6-10-17(13-14)24-20(18-12-11-15(2)28-18)19(22(26)23(24)27)21(25)16-8-4-3-5-9-16/h3-13,20,25H,1-2H3/b21-19-. The molecule has 1 amide bonds. The first-order chi connectivity index (χ1) is 13.5. The van der Waals surface area contributed by atoms with Crippen molar-refractivity contribution in [3.8, 4) is 0 Å². The number of aryl methyl sites for hydroxylation is 2. The molecule has 1 aliphatic heterocycles. The smallest absolute Gasteiger partial charge is 0.300 e. The molecule has 0 saturated carbocycles. The fourth-order valence-corrected chi connectivity index (χ4v) is 3.50. The molecule has 0 spiro atoms. The summed E-state index contributed by atoms with van der Waals surface area (Å²) in [7, 11) is 0. The Kier molecular flexibility index (Phi) is 4.35. The number of nitrogens with zero attached hydrogens (tertiary/aromatic N) is 1. The maximum atomic E-state index is 12.9. The van der Waals surface area contributed by atoms with Gasteiger partial charge in [0.05, 0.1) is 5.57 Å². The number of Topliss-reactive ketones (excluding diaryl/α,β-unsaturated/α-hetero) is 1. The zero-order chi connectivity index (χ0) is 19.8. The predicted octanol–water partition coefficient (Wildman–Crippen LogP) is 4.52.